The molecular weight excluding hydrogens is 314 g/mol. The van der Waals surface area contributed by atoms with Crippen LogP contribution in [0.5, 0.6) is 0 Å². The second kappa shape index (κ2) is 7.51. The molecule has 2 aromatic heterocycles. The number of pyridine rings is 1. The zero-order valence-electron chi connectivity index (χ0n) is 12.0. The third kappa shape index (κ3) is 4.14. The number of alkyl halides is 2. The largest absolute Gasteiger partial charge is 0.396 e. The number of halogens is 3. The van der Waals surface area contributed by atoms with Gasteiger partial charge in [-0.15, -0.1) is 0 Å². The molecule has 0 bridgehead atoms. The summed E-state index contributed by atoms with van der Waals surface area (Å²) in [5, 5.41) is 16.3. The van der Waals surface area contributed by atoms with Gasteiger partial charge in [-0.2, -0.15) is 13.9 Å². The maximum absolute atomic E-state index is 12.6. The smallest absolute Gasteiger partial charge is 0.333 e. The lowest BCUT2D eigenvalue weighted by molar-refractivity contribution is 0.0568. The van der Waals surface area contributed by atoms with E-state index in [4.69, 9.17) is 16.7 Å². The van der Waals surface area contributed by atoms with E-state index >= 15 is 0 Å². The van der Waals surface area contributed by atoms with Crippen LogP contribution in [-0.2, 0) is 0 Å². The summed E-state index contributed by atoms with van der Waals surface area (Å²) < 4.78 is 25.9. The van der Waals surface area contributed by atoms with Crippen molar-refractivity contribution in [1.82, 2.24) is 14.8 Å². The molecule has 0 aliphatic carbocycles. The highest BCUT2D eigenvalue weighted by Gasteiger charge is 2.14. The monoisotopic (exact) mass is 330 g/mol. The lowest BCUT2D eigenvalue weighted by atomic mass is 10.1. The Labute approximate surface area is 131 Å². The Morgan fingerprint density at radius 2 is 2.23 bits per heavy atom. The van der Waals surface area contributed by atoms with Crippen LogP contribution in [0.4, 0.5) is 14.5 Å². The lowest BCUT2D eigenvalue weighted by Crippen LogP contribution is -2.16. The van der Waals surface area contributed by atoms with Crippen molar-refractivity contribution in [2.75, 3.05) is 11.9 Å². The molecule has 5 nitrogen and oxygen atoms in total. The van der Waals surface area contributed by atoms with E-state index in [1.807, 2.05) is 6.92 Å². The normalized spacial score (nSPS) is 12.6. The zero-order chi connectivity index (χ0) is 16.1. The van der Waals surface area contributed by atoms with E-state index < -0.39 is 6.55 Å². The van der Waals surface area contributed by atoms with E-state index in [1.165, 1.54) is 18.5 Å². The number of aliphatic hydroxyl groups excluding tert-OH is 1. The molecule has 8 heteroatoms. The third-order valence-corrected chi connectivity index (χ3v) is 3.36. The van der Waals surface area contributed by atoms with Gasteiger partial charge in [0.25, 0.3) is 0 Å². The average molecular weight is 331 g/mol. The number of hydrogen-bond acceptors (Lipinski definition) is 4. The summed E-state index contributed by atoms with van der Waals surface area (Å²) in [5.74, 6) is 0. The molecule has 22 heavy (non-hydrogen) atoms. The summed E-state index contributed by atoms with van der Waals surface area (Å²) in [4.78, 5) is 3.99. The fraction of sp³-hybridized carbons (Fsp3) is 0.429. The summed E-state index contributed by atoms with van der Waals surface area (Å²) in [6.45, 7) is -0.603. The zero-order valence-corrected chi connectivity index (χ0v) is 12.8. The number of nitrogens with one attached hydrogen (secondary N) is 1. The minimum absolute atomic E-state index is 0.0848. The molecule has 0 amide bonds. The van der Waals surface area contributed by atoms with E-state index in [-0.39, 0.29) is 12.6 Å². The summed E-state index contributed by atoms with van der Waals surface area (Å²) in [5.41, 5.74) is 1.66. The van der Waals surface area contributed by atoms with E-state index in [9.17, 15) is 8.78 Å². The van der Waals surface area contributed by atoms with E-state index in [1.54, 1.807) is 6.07 Å². The molecule has 1 atom stereocenters. The van der Waals surface area contributed by atoms with Crippen LogP contribution in [-0.4, -0.2) is 32.5 Å². The van der Waals surface area contributed by atoms with Gasteiger partial charge in [0, 0.05) is 36.3 Å². The maximum Gasteiger partial charge on any atom is 0.333 e. The summed E-state index contributed by atoms with van der Waals surface area (Å²) in [6, 6.07) is 3.22. The maximum atomic E-state index is 12.6. The first-order chi connectivity index (χ1) is 10.5. The Bertz CT molecular complexity index is 621. The predicted octanol–water partition coefficient (Wildman–Crippen LogP) is 3.57. The van der Waals surface area contributed by atoms with Crippen molar-refractivity contribution in [3.05, 3.63) is 29.7 Å². The quantitative estimate of drug-likeness (QED) is 0.762. The highest BCUT2D eigenvalue weighted by Crippen LogP contribution is 2.29. The number of aliphatic hydroxyl groups is 1. The molecule has 0 radical (unpaired) electrons. The lowest BCUT2D eigenvalue weighted by Gasteiger charge is -2.17. The second-order valence-electron chi connectivity index (χ2n) is 4.92. The highest BCUT2D eigenvalue weighted by molar-refractivity contribution is 6.29. The number of hydrogen-bond donors (Lipinski definition) is 2. The first kappa shape index (κ1) is 16.6. The minimum atomic E-state index is -2.69. The molecule has 2 heterocycles. The predicted molar refractivity (Wildman–Crippen MR) is 81.1 cm³/mol. The number of nitrogens with zero attached hydrogens (tertiary/aromatic N) is 3. The van der Waals surface area contributed by atoms with Crippen LogP contribution in [0.1, 0.15) is 26.3 Å². The van der Waals surface area contributed by atoms with Gasteiger partial charge in [0.05, 0.1) is 5.69 Å². The molecule has 120 valence electrons. The molecule has 0 aliphatic rings. The van der Waals surface area contributed by atoms with E-state index in [0.29, 0.717) is 33.2 Å². The molecule has 1 unspecified atom stereocenters. The summed E-state index contributed by atoms with van der Waals surface area (Å²) in [7, 11) is 0. The molecule has 2 rings (SSSR count). The first-order valence-electron chi connectivity index (χ1n) is 6.88. The topological polar surface area (TPSA) is 63.0 Å². The van der Waals surface area contributed by atoms with Gasteiger partial charge in [0.15, 0.2) is 0 Å². The molecule has 0 saturated heterocycles. The van der Waals surface area contributed by atoms with Crippen molar-refractivity contribution >= 4 is 17.3 Å². The van der Waals surface area contributed by atoms with Crippen LogP contribution >= 0.6 is 11.6 Å². The Balaban J connectivity index is 2.26. The standard InChI is InChI=1S/C14H17ClF2N4O/c1-9(3-2-6-22)19-12-7-13(15)18-8-10(12)11-4-5-21(20-11)14(16)17/h4-5,7-9,14,22H,2-3,6H2,1H3,(H,18,19). The Morgan fingerprint density at radius 3 is 2.86 bits per heavy atom. The highest BCUT2D eigenvalue weighted by atomic mass is 35.5. The van der Waals surface area contributed by atoms with Gasteiger partial charge in [-0.25, -0.2) is 9.67 Å². The van der Waals surface area contributed by atoms with Gasteiger partial charge < -0.3 is 10.4 Å². The van der Waals surface area contributed by atoms with Crippen molar-refractivity contribution in [2.45, 2.75) is 32.4 Å². The fourth-order valence-electron chi connectivity index (χ4n) is 2.08. The van der Waals surface area contributed by atoms with Crippen molar-refractivity contribution < 1.29 is 13.9 Å². The van der Waals surface area contributed by atoms with Crippen molar-refractivity contribution in [1.29, 1.82) is 0 Å². The molecule has 0 fully saturated rings. The van der Waals surface area contributed by atoms with Crippen LogP contribution in [0, 0.1) is 0 Å². The van der Waals surface area contributed by atoms with Gasteiger partial charge in [-0.05, 0) is 31.9 Å². The van der Waals surface area contributed by atoms with Gasteiger partial charge in [0.2, 0.25) is 0 Å². The van der Waals surface area contributed by atoms with Crippen molar-refractivity contribution in [2.24, 2.45) is 0 Å². The van der Waals surface area contributed by atoms with Gasteiger partial charge in [0.1, 0.15) is 5.15 Å². The van der Waals surface area contributed by atoms with E-state index in [2.05, 4.69) is 15.4 Å². The molecule has 2 aromatic rings. The van der Waals surface area contributed by atoms with Crippen molar-refractivity contribution in [3.8, 4) is 11.3 Å². The van der Waals surface area contributed by atoms with Gasteiger partial charge in [-0.1, -0.05) is 11.6 Å². The molecule has 0 aromatic carbocycles. The van der Waals surface area contributed by atoms with Crippen LogP contribution in [0.2, 0.25) is 5.15 Å². The molecule has 0 spiro atoms. The summed E-state index contributed by atoms with van der Waals surface area (Å²) in [6.07, 6.45) is 4.15. The van der Waals surface area contributed by atoms with Crippen LogP contribution in [0.3, 0.4) is 0 Å². The minimum Gasteiger partial charge on any atom is -0.396 e. The second-order valence-corrected chi connectivity index (χ2v) is 5.31. The molecule has 2 N–H and O–H groups in total. The fourth-order valence-corrected chi connectivity index (χ4v) is 2.24. The van der Waals surface area contributed by atoms with Crippen molar-refractivity contribution in [3.63, 3.8) is 0 Å². The number of rotatable bonds is 7. The number of aromatic nitrogens is 3. The Hall–Kier alpha value is -1.73. The van der Waals surface area contributed by atoms with Gasteiger partial charge >= 0.3 is 6.55 Å². The summed E-state index contributed by atoms with van der Waals surface area (Å²) >= 11 is 5.91. The Kier molecular flexibility index (Phi) is 5.68. The first-order valence-corrected chi connectivity index (χ1v) is 7.25. The Morgan fingerprint density at radius 1 is 1.45 bits per heavy atom. The average Bonchev–Trinajstić information content (AvgIpc) is 2.95. The molecular formula is C14H17ClF2N4O. The van der Waals surface area contributed by atoms with Crippen LogP contribution in [0.15, 0.2) is 24.5 Å². The molecule has 0 saturated carbocycles. The van der Waals surface area contributed by atoms with E-state index in [0.717, 1.165) is 6.42 Å². The SMILES string of the molecule is CC(CCCO)Nc1cc(Cl)ncc1-c1ccn(C(F)F)n1. The van der Waals surface area contributed by atoms with Crippen LogP contribution in [0.25, 0.3) is 11.3 Å². The third-order valence-electron chi connectivity index (χ3n) is 3.15. The van der Waals surface area contributed by atoms with Crippen LogP contribution < -0.4 is 5.32 Å². The van der Waals surface area contributed by atoms with Gasteiger partial charge in [-0.3, -0.25) is 0 Å². The molecule has 0 aliphatic heterocycles. The number of anilines is 1.